The van der Waals surface area contributed by atoms with Crippen LogP contribution in [-0.2, 0) is 4.79 Å². The highest BCUT2D eigenvalue weighted by Gasteiger charge is 2.32. The Hall–Kier alpha value is -4.75. The molecule has 1 aliphatic heterocycles. The monoisotopic (exact) mass is 502 g/mol. The predicted octanol–water partition coefficient (Wildman–Crippen LogP) is 6.44. The number of hydrogen-bond donors (Lipinski definition) is 0. The fourth-order valence-corrected chi connectivity index (χ4v) is 4.95. The van der Waals surface area contributed by atoms with Gasteiger partial charge in [0.15, 0.2) is 0 Å². The summed E-state index contributed by atoms with van der Waals surface area (Å²) in [6.45, 7) is 0. The van der Waals surface area contributed by atoms with E-state index in [4.69, 9.17) is 14.9 Å². The molecular formula is C30H22N4O2S. The molecule has 0 aliphatic carbocycles. The van der Waals surface area contributed by atoms with Crippen molar-refractivity contribution in [1.29, 1.82) is 0 Å². The number of thiophene rings is 1. The largest absolute Gasteiger partial charge is 0.497 e. The van der Waals surface area contributed by atoms with Crippen molar-refractivity contribution in [3.05, 3.63) is 125 Å². The molecule has 0 radical (unpaired) electrons. The lowest BCUT2D eigenvalue weighted by atomic mass is 10.00. The molecule has 2 aromatic heterocycles. The number of nitrogens with zero attached hydrogens (tertiary/aromatic N) is 4. The summed E-state index contributed by atoms with van der Waals surface area (Å²) in [7, 11) is 1.63. The molecule has 1 aliphatic rings. The molecule has 0 bridgehead atoms. The Morgan fingerprint density at radius 2 is 1.54 bits per heavy atom. The van der Waals surface area contributed by atoms with Crippen LogP contribution in [0.1, 0.15) is 11.1 Å². The van der Waals surface area contributed by atoms with E-state index in [0.717, 1.165) is 33.1 Å². The van der Waals surface area contributed by atoms with E-state index in [0.29, 0.717) is 17.0 Å². The maximum absolute atomic E-state index is 13.8. The highest BCUT2D eigenvalue weighted by atomic mass is 32.1. The molecule has 0 N–H and O–H groups in total. The minimum absolute atomic E-state index is 0.193. The molecule has 5 aromatic rings. The number of benzene rings is 3. The number of carbonyl (C=O) groups excluding carboxylic acids is 1. The van der Waals surface area contributed by atoms with Crippen molar-refractivity contribution in [2.24, 2.45) is 5.10 Å². The first-order chi connectivity index (χ1) is 18.2. The Morgan fingerprint density at radius 3 is 2.19 bits per heavy atom. The number of hydrogen-bond acceptors (Lipinski definition) is 5. The first-order valence-electron chi connectivity index (χ1n) is 11.7. The van der Waals surface area contributed by atoms with E-state index < -0.39 is 0 Å². The normalized spacial score (nSPS) is 14.3. The van der Waals surface area contributed by atoms with Crippen LogP contribution in [0.4, 0.5) is 5.69 Å². The number of para-hydroxylation sites is 2. The van der Waals surface area contributed by atoms with E-state index in [2.05, 4.69) is 0 Å². The van der Waals surface area contributed by atoms with Gasteiger partial charge in [-0.2, -0.15) is 15.2 Å². The summed E-state index contributed by atoms with van der Waals surface area (Å²) in [5, 5.41) is 13.1. The SMILES string of the molecule is COc1ccc(C2=NN(c3ccccc3)C(=O)C2=Cc2cn(-c3ccccc3)nc2-c2cccs2)cc1. The summed E-state index contributed by atoms with van der Waals surface area (Å²) in [6, 6.07) is 31.0. The number of ether oxygens (including phenoxy) is 1. The minimum atomic E-state index is -0.193. The fourth-order valence-electron chi connectivity index (χ4n) is 4.22. The number of methoxy groups -OCH3 is 1. The average Bonchev–Trinajstić information content (AvgIpc) is 3.70. The topological polar surface area (TPSA) is 59.7 Å². The summed E-state index contributed by atoms with van der Waals surface area (Å²) < 4.78 is 7.17. The number of amides is 1. The zero-order chi connectivity index (χ0) is 25.2. The van der Waals surface area contributed by atoms with Crippen molar-refractivity contribution in [1.82, 2.24) is 9.78 Å². The van der Waals surface area contributed by atoms with E-state index >= 15 is 0 Å². The van der Waals surface area contributed by atoms with Gasteiger partial charge in [0, 0.05) is 17.3 Å². The number of hydrazone groups is 1. The highest BCUT2D eigenvalue weighted by molar-refractivity contribution is 7.13. The van der Waals surface area contributed by atoms with E-state index in [1.165, 1.54) is 5.01 Å². The van der Waals surface area contributed by atoms with Crippen LogP contribution >= 0.6 is 11.3 Å². The van der Waals surface area contributed by atoms with Gasteiger partial charge in [0.2, 0.25) is 0 Å². The van der Waals surface area contributed by atoms with Gasteiger partial charge in [0.05, 0.1) is 28.9 Å². The Morgan fingerprint density at radius 1 is 0.838 bits per heavy atom. The van der Waals surface area contributed by atoms with Gasteiger partial charge in [-0.05, 0) is 66.1 Å². The van der Waals surface area contributed by atoms with Crippen LogP contribution in [0.25, 0.3) is 22.3 Å². The van der Waals surface area contributed by atoms with Gasteiger partial charge >= 0.3 is 0 Å². The second-order valence-corrected chi connectivity index (χ2v) is 9.33. The molecule has 37 heavy (non-hydrogen) atoms. The highest BCUT2D eigenvalue weighted by Crippen LogP contribution is 2.33. The first kappa shape index (κ1) is 22.7. The third kappa shape index (κ3) is 4.37. The second-order valence-electron chi connectivity index (χ2n) is 8.38. The Labute approximate surface area is 218 Å². The summed E-state index contributed by atoms with van der Waals surface area (Å²) >= 11 is 1.61. The van der Waals surface area contributed by atoms with Crippen molar-refractivity contribution in [3.8, 4) is 22.0 Å². The van der Waals surface area contributed by atoms with Crippen LogP contribution in [0.3, 0.4) is 0 Å². The molecule has 1 amide bonds. The number of carbonyl (C=O) groups is 1. The zero-order valence-corrected chi connectivity index (χ0v) is 20.8. The third-order valence-electron chi connectivity index (χ3n) is 6.06. The Balaban J connectivity index is 1.50. The minimum Gasteiger partial charge on any atom is -0.497 e. The van der Waals surface area contributed by atoms with Gasteiger partial charge in [-0.3, -0.25) is 4.79 Å². The van der Waals surface area contributed by atoms with Gasteiger partial charge in [-0.1, -0.05) is 42.5 Å². The Bertz CT molecular complexity index is 1600. The first-order valence-corrected chi connectivity index (χ1v) is 12.6. The van der Waals surface area contributed by atoms with Gasteiger partial charge in [-0.25, -0.2) is 4.68 Å². The molecule has 180 valence electrons. The smallest absolute Gasteiger partial charge is 0.281 e. The maximum Gasteiger partial charge on any atom is 0.281 e. The van der Waals surface area contributed by atoms with Crippen LogP contribution < -0.4 is 9.75 Å². The zero-order valence-electron chi connectivity index (χ0n) is 20.0. The quantitative estimate of drug-likeness (QED) is 0.251. The van der Waals surface area contributed by atoms with Crippen LogP contribution in [0, 0.1) is 0 Å². The molecule has 0 unspecified atom stereocenters. The molecule has 3 aromatic carbocycles. The van der Waals surface area contributed by atoms with Crippen molar-refractivity contribution < 1.29 is 9.53 Å². The molecule has 0 saturated carbocycles. The van der Waals surface area contributed by atoms with Crippen LogP contribution in [0.2, 0.25) is 0 Å². The van der Waals surface area contributed by atoms with Crippen LogP contribution in [0.5, 0.6) is 5.75 Å². The van der Waals surface area contributed by atoms with Gasteiger partial charge < -0.3 is 4.74 Å². The van der Waals surface area contributed by atoms with Gasteiger partial charge in [-0.15, -0.1) is 11.3 Å². The van der Waals surface area contributed by atoms with Gasteiger partial charge in [0.25, 0.3) is 5.91 Å². The molecule has 0 fully saturated rings. The van der Waals surface area contributed by atoms with Crippen molar-refractivity contribution in [3.63, 3.8) is 0 Å². The predicted molar refractivity (Wildman–Crippen MR) is 148 cm³/mol. The van der Waals surface area contributed by atoms with Crippen molar-refractivity contribution in [2.45, 2.75) is 0 Å². The molecule has 6 rings (SSSR count). The van der Waals surface area contributed by atoms with Gasteiger partial charge in [0.1, 0.15) is 17.2 Å². The summed E-state index contributed by atoms with van der Waals surface area (Å²) in [5.74, 6) is 0.546. The average molecular weight is 503 g/mol. The lowest BCUT2D eigenvalue weighted by Gasteiger charge is -2.10. The summed E-state index contributed by atoms with van der Waals surface area (Å²) in [6.07, 6.45) is 3.86. The Kier molecular flexibility index (Phi) is 5.96. The standard InChI is InChI=1S/C30H22N4O2S/c1-36-25-16-14-21(15-17-25)28-26(30(35)34(32-28)24-11-6-3-7-12-24)19-22-20-33(23-9-4-2-5-10-23)31-29(22)27-13-8-18-37-27/h2-20H,1H3. The molecule has 0 saturated heterocycles. The lowest BCUT2D eigenvalue weighted by molar-refractivity contribution is -0.114. The summed E-state index contributed by atoms with van der Waals surface area (Å²) in [5.41, 5.74) is 5.22. The number of rotatable bonds is 6. The van der Waals surface area contributed by atoms with Crippen LogP contribution in [-0.4, -0.2) is 28.5 Å². The van der Waals surface area contributed by atoms with E-state index in [9.17, 15) is 4.79 Å². The van der Waals surface area contributed by atoms with Crippen molar-refractivity contribution in [2.75, 3.05) is 12.1 Å². The second kappa shape index (κ2) is 9.72. The summed E-state index contributed by atoms with van der Waals surface area (Å²) in [4.78, 5) is 14.8. The number of aromatic nitrogens is 2. The number of anilines is 1. The molecule has 0 atom stereocenters. The van der Waals surface area contributed by atoms with Crippen LogP contribution in [0.15, 0.2) is 119 Å². The lowest BCUT2D eigenvalue weighted by Crippen LogP contribution is -2.21. The molecule has 0 spiro atoms. The third-order valence-corrected chi connectivity index (χ3v) is 6.94. The molecule has 7 heteroatoms. The fraction of sp³-hybridized carbons (Fsp3) is 0.0333. The van der Waals surface area contributed by atoms with Crippen molar-refractivity contribution >= 4 is 34.7 Å². The maximum atomic E-state index is 13.8. The van der Waals surface area contributed by atoms with E-state index in [1.54, 1.807) is 18.4 Å². The van der Waals surface area contributed by atoms with E-state index in [1.807, 2.05) is 119 Å². The molecule has 6 nitrogen and oxygen atoms in total. The molecular weight excluding hydrogens is 480 g/mol. The van der Waals surface area contributed by atoms with E-state index in [-0.39, 0.29) is 5.91 Å². The molecule has 3 heterocycles.